The van der Waals surface area contributed by atoms with Crippen molar-refractivity contribution in [2.45, 2.75) is 196 Å². The fourth-order valence-electron chi connectivity index (χ4n) is 11.2. The van der Waals surface area contributed by atoms with Crippen LogP contribution in [-0.2, 0) is 0 Å². The zero-order chi connectivity index (χ0) is 64.5. The van der Waals surface area contributed by atoms with Crippen LogP contribution in [0.2, 0.25) is 0 Å². The maximum atomic E-state index is 5.69. The van der Waals surface area contributed by atoms with Crippen LogP contribution in [0, 0.1) is 148 Å². The summed E-state index contributed by atoms with van der Waals surface area (Å²) in [6.45, 7) is 43.3. The largest absolute Gasteiger partial charge is 0.457 e. The minimum absolute atomic E-state index is 0.879. The molecule has 0 radical (unpaired) electrons. The maximum absolute atomic E-state index is 5.69. The Morgan fingerprint density at radius 3 is 0.795 bits per heavy atom. The molecule has 0 atom stereocenters. The van der Waals surface area contributed by atoms with Crippen molar-refractivity contribution in [2.75, 3.05) is 0 Å². The summed E-state index contributed by atoms with van der Waals surface area (Å²) in [6.07, 6.45) is 13.7. The summed E-state index contributed by atoms with van der Waals surface area (Å²) < 4.78 is 5.69. The molecule has 0 unspecified atom stereocenters. The number of rotatable bonds is 6. The van der Waals surface area contributed by atoms with Crippen molar-refractivity contribution in [3.8, 4) is 33.8 Å². The third-order valence-corrected chi connectivity index (χ3v) is 18.4. The first kappa shape index (κ1) is 71.5. The number of benzene rings is 9. The highest BCUT2D eigenvalue weighted by Gasteiger charge is 2.24. The summed E-state index contributed by atoms with van der Waals surface area (Å²) in [6, 6.07) is 64.2. The SMILES string of the molecule is CC1CCC(CC2CCC(C)CC2)CC1.Cc1cc(C)c(C)cc1C.Cc1ccc(-c2ccc(C)c(C)c2)cc1C.Cc1ccc(C)c(C)c1.Cc1ccc(C)cc1.Cc1ccc(Oc2ccc(C)cc2)cc1.Cc1cccc(-c2ccc(C)c(C)c2)c1. The van der Waals surface area contributed by atoms with Crippen molar-refractivity contribution in [1.82, 2.24) is 0 Å². The topological polar surface area (TPSA) is 9.23 Å². The quantitative estimate of drug-likeness (QED) is 0.161. The lowest BCUT2D eigenvalue weighted by molar-refractivity contribution is 0.201. The minimum atomic E-state index is 0.879. The lowest BCUT2D eigenvalue weighted by atomic mass is 9.74. The van der Waals surface area contributed by atoms with E-state index < -0.39 is 0 Å². The lowest BCUT2D eigenvalue weighted by Gasteiger charge is -2.32. The average Bonchev–Trinajstić information content (AvgIpc) is 2.96. The number of aryl methyl sites for hydroxylation is 18. The fraction of sp³-hybridized carbons (Fsp3) is 0.379. The van der Waals surface area contributed by atoms with E-state index >= 15 is 0 Å². The second kappa shape index (κ2) is 36.3. The predicted molar refractivity (Wildman–Crippen MR) is 388 cm³/mol. The predicted octanol–water partition coefficient (Wildman–Crippen LogP) is 25.8. The van der Waals surface area contributed by atoms with Crippen LogP contribution in [0.15, 0.2) is 182 Å². The Kier molecular flexibility index (Phi) is 29.5. The third kappa shape index (κ3) is 25.5. The first-order valence-electron chi connectivity index (χ1n) is 33.0. The highest BCUT2D eigenvalue weighted by molar-refractivity contribution is 5.67. The molecule has 9 aromatic carbocycles. The van der Waals surface area contributed by atoms with Crippen LogP contribution in [0.3, 0.4) is 0 Å². The van der Waals surface area contributed by atoms with Crippen LogP contribution in [-0.4, -0.2) is 0 Å². The molecule has 88 heavy (non-hydrogen) atoms. The number of hydrogen-bond acceptors (Lipinski definition) is 1. The molecule has 0 heterocycles. The summed E-state index contributed by atoms with van der Waals surface area (Å²) in [7, 11) is 0. The minimum Gasteiger partial charge on any atom is -0.457 e. The standard InChI is InChI=1S/C16H18.C15H28.C15H16.C14H14O.C10H14.C9H12.C8H10/c1-11-5-7-15(9-13(11)3)16-8-6-12(2)14(4)10-16;1-12-3-7-14(8-4-12)11-15-9-5-13(2)6-10-15;1-11-5-4-6-14(9-11)15-8-7-12(2)13(3)10-15;1-11-3-7-13(8-4-11)15-14-9-5-12(2)6-10-14;1-7-5-9(3)10(4)6-8(7)2;1-7-4-5-8(2)9(3)6-7;1-7-3-5-8(2)6-4-7/h5-10H,1-4H3;12-15H,3-11H2,1-2H3;4-10H,1-3H3;3-10H,1-2H3;5-6H,1-4H3;4-6H,1-3H3;3-6H,1-2H3. The number of ether oxygens (including phenoxy) is 1. The van der Waals surface area contributed by atoms with E-state index in [1.54, 1.807) is 6.42 Å². The molecule has 0 amide bonds. The van der Waals surface area contributed by atoms with E-state index in [9.17, 15) is 0 Å². The van der Waals surface area contributed by atoms with Crippen molar-refractivity contribution in [1.29, 1.82) is 0 Å². The van der Waals surface area contributed by atoms with Gasteiger partial charge < -0.3 is 4.74 Å². The lowest BCUT2D eigenvalue weighted by Crippen LogP contribution is -2.19. The Hall–Kier alpha value is -7.22. The van der Waals surface area contributed by atoms with Gasteiger partial charge in [0.1, 0.15) is 11.5 Å². The molecule has 0 spiro atoms. The van der Waals surface area contributed by atoms with Crippen molar-refractivity contribution in [3.63, 3.8) is 0 Å². The Morgan fingerprint density at radius 1 is 0.239 bits per heavy atom. The normalized spacial score (nSPS) is 15.6. The molecule has 466 valence electrons. The molecule has 2 saturated carbocycles. The van der Waals surface area contributed by atoms with Crippen LogP contribution < -0.4 is 4.74 Å². The smallest absolute Gasteiger partial charge is 0.127 e. The number of hydrogen-bond donors (Lipinski definition) is 0. The van der Waals surface area contributed by atoms with Crippen LogP contribution in [0.1, 0.15) is 172 Å². The Morgan fingerprint density at radius 2 is 0.500 bits per heavy atom. The first-order chi connectivity index (χ1) is 41.8. The van der Waals surface area contributed by atoms with Crippen LogP contribution in [0.4, 0.5) is 0 Å². The molecule has 1 heteroatoms. The van der Waals surface area contributed by atoms with E-state index in [0.29, 0.717) is 0 Å². The molecule has 0 aromatic heterocycles. The van der Waals surface area contributed by atoms with Crippen LogP contribution in [0.25, 0.3) is 22.3 Å². The molecule has 2 aliphatic rings. The zero-order valence-electron chi connectivity index (χ0n) is 58.4. The first-order valence-corrected chi connectivity index (χ1v) is 33.0. The monoisotopic (exact) mass is 1170 g/mol. The van der Waals surface area contributed by atoms with Crippen LogP contribution in [0.5, 0.6) is 11.5 Å². The molecule has 11 rings (SSSR count). The van der Waals surface area contributed by atoms with Gasteiger partial charge in [-0.3, -0.25) is 0 Å². The summed E-state index contributed by atoms with van der Waals surface area (Å²) in [4.78, 5) is 0. The molecule has 0 saturated heterocycles. The van der Waals surface area contributed by atoms with E-state index in [0.717, 1.165) is 35.2 Å². The molecular formula is C87H112O. The van der Waals surface area contributed by atoms with Gasteiger partial charge >= 0.3 is 0 Å². The van der Waals surface area contributed by atoms with Gasteiger partial charge in [0.05, 0.1) is 0 Å². The molecule has 0 aliphatic heterocycles. The fourth-order valence-corrected chi connectivity index (χ4v) is 11.2. The molecule has 0 bridgehead atoms. The van der Waals surface area contributed by atoms with Gasteiger partial charge in [0.25, 0.3) is 0 Å². The van der Waals surface area contributed by atoms with Crippen molar-refractivity contribution in [3.05, 3.63) is 282 Å². The molecule has 1 nitrogen and oxygen atoms in total. The van der Waals surface area contributed by atoms with Gasteiger partial charge in [-0.05, 0) is 268 Å². The van der Waals surface area contributed by atoms with Gasteiger partial charge in [0.15, 0.2) is 0 Å². The molecule has 2 fully saturated rings. The highest BCUT2D eigenvalue weighted by atomic mass is 16.5. The Labute approximate surface area is 537 Å². The molecule has 9 aromatic rings. The zero-order valence-corrected chi connectivity index (χ0v) is 58.4. The van der Waals surface area contributed by atoms with Crippen molar-refractivity contribution in [2.24, 2.45) is 23.7 Å². The van der Waals surface area contributed by atoms with E-state index in [1.807, 2.05) is 48.5 Å². The van der Waals surface area contributed by atoms with Gasteiger partial charge in [-0.1, -0.05) is 256 Å². The van der Waals surface area contributed by atoms with Crippen LogP contribution >= 0.6 is 0 Å². The molecule has 0 N–H and O–H groups in total. The van der Waals surface area contributed by atoms with Gasteiger partial charge in [-0.15, -0.1) is 0 Å². The van der Waals surface area contributed by atoms with E-state index in [4.69, 9.17) is 4.74 Å². The summed E-state index contributed by atoms with van der Waals surface area (Å²) in [5.41, 5.74) is 29.5. The Bertz CT molecular complexity index is 3320. The maximum Gasteiger partial charge on any atom is 0.127 e. The third-order valence-electron chi connectivity index (χ3n) is 18.4. The van der Waals surface area contributed by atoms with E-state index in [2.05, 4.69) is 272 Å². The van der Waals surface area contributed by atoms with E-state index in [1.165, 1.54) is 174 Å². The summed E-state index contributed by atoms with van der Waals surface area (Å²) in [5, 5.41) is 0. The van der Waals surface area contributed by atoms with Crippen molar-refractivity contribution < 1.29 is 4.74 Å². The van der Waals surface area contributed by atoms with Gasteiger partial charge in [-0.25, -0.2) is 0 Å². The van der Waals surface area contributed by atoms with Crippen molar-refractivity contribution >= 4 is 0 Å². The summed E-state index contributed by atoms with van der Waals surface area (Å²) in [5.74, 6) is 5.99. The van der Waals surface area contributed by atoms with Gasteiger partial charge in [0, 0.05) is 0 Å². The average molecular weight is 1170 g/mol. The molecular weight excluding hydrogens is 1060 g/mol. The van der Waals surface area contributed by atoms with Gasteiger partial charge in [-0.2, -0.15) is 0 Å². The highest BCUT2D eigenvalue weighted by Crippen LogP contribution is 2.38. The molecule has 2 aliphatic carbocycles. The Balaban J connectivity index is 0.000000189. The summed E-state index contributed by atoms with van der Waals surface area (Å²) >= 11 is 0. The second-order valence-electron chi connectivity index (χ2n) is 26.7. The second-order valence-corrected chi connectivity index (χ2v) is 26.7. The van der Waals surface area contributed by atoms with E-state index in [-0.39, 0.29) is 0 Å². The van der Waals surface area contributed by atoms with Gasteiger partial charge in [0.2, 0.25) is 0 Å².